The Kier molecular flexibility index (Phi) is 3.57. The average Bonchev–Trinajstić information content (AvgIpc) is 2.53. The second kappa shape index (κ2) is 5.41. The lowest BCUT2D eigenvalue weighted by atomic mass is 9.93. The number of benzene rings is 2. The normalized spacial score (nSPS) is 17.2. The second-order valence-electron chi connectivity index (χ2n) is 5.99. The van der Waals surface area contributed by atoms with Gasteiger partial charge >= 0.3 is 0 Å². The number of carbonyl (C=O) groups is 1. The van der Waals surface area contributed by atoms with Crippen LogP contribution in [0.25, 0.3) is 11.8 Å². The zero-order valence-corrected chi connectivity index (χ0v) is 12.6. The van der Waals surface area contributed by atoms with Crippen LogP contribution >= 0.6 is 0 Å². The molecule has 0 spiro atoms. The first-order valence-electron chi connectivity index (χ1n) is 7.31. The van der Waals surface area contributed by atoms with Gasteiger partial charge in [-0.25, -0.2) is 4.39 Å². The van der Waals surface area contributed by atoms with Gasteiger partial charge in [-0.05, 0) is 42.2 Å². The van der Waals surface area contributed by atoms with Crippen molar-refractivity contribution in [3.8, 4) is 0 Å². The summed E-state index contributed by atoms with van der Waals surface area (Å²) >= 11 is 0. The van der Waals surface area contributed by atoms with Crippen LogP contribution < -0.4 is 5.32 Å². The van der Waals surface area contributed by atoms with Gasteiger partial charge < -0.3 is 10.1 Å². The van der Waals surface area contributed by atoms with Gasteiger partial charge in [-0.15, -0.1) is 0 Å². The molecule has 112 valence electrons. The molecule has 1 heterocycles. The fraction of sp³-hybridized carbons (Fsp3) is 0.211. The van der Waals surface area contributed by atoms with Crippen LogP contribution in [0.1, 0.15) is 42.1 Å². The number of halogens is 1. The number of nitrogens with one attached hydrogen (secondary N) is 1. The maximum Gasteiger partial charge on any atom is 0.146 e. The molecule has 1 unspecified atom stereocenters. The Bertz CT molecular complexity index is 726. The second-order valence-corrected chi connectivity index (χ2v) is 5.99. The fourth-order valence-electron chi connectivity index (χ4n) is 2.69. The van der Waals surface area contributed by atoms with Crippen LogP contribution in [0.3, 0.4) is 0 Å². The van der Waals surface area contributed by atoms with Crippen molar-refractivity contribution in [3.05, 3.63) is 70.8 Å². The van der Waals surface area contributed by atoms with Crippen LogP contribution in [-0.2, 0) is 10.5 Å². The molecule has 2 aromatic carbocycles. The number of carbonyl (C=O) groups excluding carboxylic acids is 1. The smallest absolute Gasteiger partial charge is 0.146 e. The van der Waals surface area contributed by atoms with Crippen molar-refractivity contribution in [3.63, 3.8) is 0 Å². The van der Waals surface area contributed by atoms with Crippen LogP contribution in [0.4, 0.5) is 4.39 Å². The minimum Gasteiger partial charge on any atom is -0.371 e. The third kappa shape index (κ3) is 2.67. The van der Waals surface area contributed by atoms with Gasteiger partial charge in [0.05, 0.1) is 0 Å². The van der Waals surface area contributed by atoms with Crippen molar-refractivity contribution < 1.29 is 9.18 Å². The molecular formula is C19H18FNO. The molecular weight excluding hydrogens is 277 g/mol. The summed E-state index contributed by atoms with van der Waals surface area (Å²) in [7, 11) is 0. The predicted octanol–water partition coefficient (Wildman–Crippen LogP) is 4.23. The van der Waals surface area contributed by atoms with E-state index in [4.69, 9.17) is 0 Å². The summed E-state index contributed by atoms with van der Waals surface area (Å²) in [5, 5.41) is 3.23. The standard InChI is InChI=1S/C19H18FNO/c1-19(2,20)15-9-7-13(8-10-15)17-11-14-5-3-4-6-16(14)18(12-22)21-17/h3-12,18,21H,1-2H3. The van der Waals surface area contributed by atoms with Gasteiger partial charge in [-0.2, -0.15) is 0 Å². The Labute approximate surface area is 129 Å². The topological polar surface area (TPSA) is 29.1 Å². The van der Waals surface area contributed by atoms with Crippen LogP contribution in [0, 0.1) is 0 Å². The molecule has 22 heavy (non-hydrogen) atoms. The average molecular weight is 295 g/mol. The van der Waals surface area contributed by atoms with Crippen LogP contribution in [0.2, 0.25) is 0 Å². The Hall–Kier alpha value is -2.42. The lowest BCUT2D eigenvalue weighted by Gasteiger charge is -2.25. The van der Waals surface area contributed by atoms with Crippen molar-refractivity contribution in [2.24, 2.45) is 0 Å². The molecule has 0 amide bonds. The number of alkyl halides is 1. The number of aldehydes is 1. The molecule has 1 aliphatic heterocycles. The molecule has 0 aromatic heterocycles. The van der Waals surface area contributed by atoms with E-state index in [0.29, 0.717) is 5.56 Å². The molecule has 0 saturated carbocycles. The Balaban J connectivity index is 1.99. The Morgan fingerprint density at radius 3 is 2.41 bits per heavy atom. The zero-order valence-electron chi connectivity index (χ0n) is 12.6. The monoisotopic (exact) mass is 295 g/mol. The van der Waals surface area contributed by atoms with Gasteiger partial charge in [0.25, 0.3) is 0 Å². The summed E-state index contributed by atoms with van der Waals surface area (Å²) in [4.78, 5) is 11.3. The SMILES string of the molecule is CC(C)(F)c1ccc(C2=Cc3ccccc3C(C=O)N2)cc1. The largest absolute Gasteiger partial charge is 0.371 e. The van der Waals surface area contributed by atoms with Gasteiger partial charge in [0.2, 0.25) is 0 Å². The van der Waals surface area contributed by atoms with E-state index in [1.807, 2.05) is 42.5 Å². The van der Waals surface area contributed by atoms with Crippen molar-refractivity contribution in [1.29, 1.82) is 0 Å². The van der Waals surface area contributed by atoms with Crippen molar-refractivity contribution in [1.82, 2.24) is 5.32 Å². The Morgan fingerprint density at radius 1 is 1.09 bits per heavy atom. The van der Waals surface area contributed by atoms with E-state index in [1.54, 1.807) is 26.0 Å². The maximum atomic E-state index is 13.9. The third-order valence-electron chi connectivity index (χ3n) is 3.96. The minimum atomic E-state index is -1.36. The van der Waals surface area contributed by atoms with Gasteiger partial charge in [-0.1, -0.05) is 48.5 Å². The Morgan fingerprint density at radius 2 is 1.77 bits per heavy atom. The van der Waals surface area contributed by atoms with Crippen LogP contribution in [-0.4, -0.2) is 6.29 Å². The van der Waals surface area contributed by atoms with Gasteiger partial charge in [0, 0.05) is 5.70 Å². The summed E-state index contributed by atoms with van der Waals surface area (Å²) in [6, 6.07) is 14.8. The molecule has 0 radical (unpaired) electrons. The van der Waals surface area contributed by atoms with E-state index >= 15 is 0 Å². The summed E-state index contributed by atoms with van der Waals surface area (Å²) < 4.78 is 13.9. The summed E-state index contributed by atoms with van der Waals surface area (Å²) in [6.45, 7) is 3.08. The molecule has 0 fully saturated rings. The molecule has 1 aliphatic rings. The quantitative estimate of drug-likeness (QED) is 0.858. The molecule has 1 atom stereocenters. The van der Waals surface area contributed by atoms with E-state index in [2.05, 4.69) is 5.32 Å². The van der Waals surface area contributed by atoms with Crippen molar-refractivity contribution in [2.45, 2.75) is 25.6 Å². The summed E-state index contributed by atoms with van der Waals surface area (Å²) in [5.74, 6) is 0. The molecule has 3 heteroatoms. The zero-order chi connectivity index (χ0) is 15.7. The molecule has 1 N–H and O–H groups in total. The fourth-order valence-corrected chi connectivity index (χ4v) is 2.69. The van der Waals surface area contributed by atoms with E-state index in [-0.39, 0.29) is 6.04 Å². The van der Waals surface area contributed by atoms with E-state index in [0.717, 1.165) is 28.7 Å². The maximum absolute atomic E-state index is 13.9. The van der Waals surface area contributed by atoms with E-state index in [9.17, 15) is 9.18 Å². The highest BCUT2D eigenvalue weighted by molar-refractivity contribution is 5.87. The third-order valence-corrected chi connectivity index (χ3v) is 3.96. The number of fused-ring (bicyclic) bond motifs is 1. The van der Waals surface area contributed by atoms with Gasteiger partial charge in [-0.3, -0.25) is 0 Å². The summed E-state index contributed by atoms with van der Waals surface area (Å²) in [6.07, 6.45) is 2.93. The highest BCUT2D eigenvalue weighted by Gasteiger charge is 2.21. The number of hydrogen-bond acceptors (Lipinski definition) is 2. The molecule has 3 rings (SSSR count). The highest BCUT2D eigenvalue weighted by atomic mass is 19.1. The number of hydrogen-bond donors (Lipinski definition) is 1. The van der Waals surface area contributed by atoms with Gasteiger partial charge in [0.15, 0.2) is 0 Å². The van der Waals surface area contributed by atoms with E-state index in [1.165, 1.54) is 0 Å². The van der Waals surface area contributed by atoms with E-state index < -0.39 is 5.67 Å². The predicted molar refractivity (Wildman–Crippen MR) is 86.8 cm³/mol. The van der Waals surface area contributed by atoms with Gasteiger partial charge in [0.1, 0.15) is 18.0 Å². The first-order chi connectivity index (χ1) is 10.5. The molecule has 2 nitrogen and oxygen atoms in total. The van der Waals surface area contributed by atoms with Crippen molar-refractivity contribution >= 4 is 18.1 Å². The highest BCUT2D eigenvalue weighted by Crippen LogP contribution is 2.31. The molecule has 0 saturated heterocycles. The van der Waals surface area contributed by atoms with Crippen LogP contribution in [0.5, 0.6) is 0 Å². The molecule has 2 aromatic rings. The number of rotatable bonds is 3. The first kappa shape index (κ1) is 14.5. The van der Waals surface area contributed by atoms with Crippen LogP contribution in [0.15, 0.2) is 48.5 Å². The minimum absolute atomic E-state index is 0.353. The molecule has 0 bridgehead atoms. The first-order valence-corrected chi connectivity index (χ1v) is 7.31. The lowest BCUT2D eigenvalue weighted by molar-refractivity contribution is -0.109. The lowest BCUT2D eigenvalue weighted by Crippen LogP contribution is -2.25. The van der Waals surface area contributed by atoms with Crippen molar-refractivity contribution in [2.75, 3.05) is 0 Å². The molecule has 0 aliphatic carbocycles. The summed E-state index contributed by atoms with van der Waals surface area (Å²) in [5.41, 5.74) is 3.10.